The highest BCUT2D eigenvalue weighted by atomic mass is 35.5. The normalized spacial score (nSPS) is 11.8. The molecular formula is C22H16ClF3N2O3. The molecule has 31 heavy (non-hydrogen) atoms. The minimum Gasteiger partial charge on any atom is -0.459 e. The molecule has 5 nitrogen and oxygen atoms in total. The van der Waals surface area contributed by atoms with E-state index in [1.54, 1.807) is 31.2 Å². The Balaban J connectivity index is 1.83. The van der Waals surface area contributed by atoms with E-state index in [-0.39, 0.29) is 11.4 Å². The first-order valence-corrected chi connectivity index (χ1v) is 9.33. The van der Waals surface area contributed by atoms with Gasteiger partial charge in [-0.1, -0.05) is 29.8 Å². The number of anilines is 2. The fourth-order valence-corrected chi connectivity index (χ4v) is 3.07. The van der Waals surface area contributed by atoms with Crippen LogP contribution >= 0.6 is 11.6 Å². The number of amides is 2. The molecule has 0 unspecified atom stereocenters. The Morgan fingerprint density at radius 3 is 2.42 bits per heavy atom. The maximum Gasteiger partial charge on any atom is 0.418 e. The van der Waals surface area contributed by atoms with Gasteiger partial charge in [0.25, 0.3) is 5.91 Å². The summed E-state index contributed by atoms with van der Waals surface area (Å²) in [5.74, 6) is -1.50. The Morgan fingerprint density at radius 2 is 1.77 bits per heavy atom. The fraction of sp³-hybridized carbons (Fsp3) is 0.0909. The Morgan fingerprint density at radius 1 is 1.03 bits per heavy atom. The van der Waals surface area contributed by atoms with Crippen LogP contribution in [0.3, 0.4) is 0 Å². The number of furan rings is 1. The zero-order valence-corrected chi connectivity index (χ0v) is 16.8. The molecule has 0 aliphatic carbocycles. The van der Waals surface area contributed by atoms with E-state index < -0.39 is 29.2 Å². The minimum absolute atomic E-state index is 0.0499. The summed E-state index contributed by atoms with van der Waals surface area (Å²) < 4.78 is 45.6. The highest BCUT2D eigenvalue weighted by Crippen LogP contribution is 2.37. The molecule has 0 aliphatic rings. The molecule has 0 saturated heterocycles. The van der Waals surface area contributed by atoms with Crippen molar-refractivity contribution in [2.24, 2.45) is 0 Å². The summed E-state index contributed by atoms with van der Waals surface area (Å²) in [6, 6.07) is 12.7. The average Bonchev–Trinajstić information content (AvgIpc) is 3.23. The molecule has 2 N–H and O–H groups in total. The van der Waals surface area contributed by atoms with Gasteiger partial charge in [0.2, 0.25) is 5.91 Å². The summed E-state index contributed by atoms with van der Waals surface area (Å²) in [5.41, 5.74) is -0.585. The number of carbonyl (C=O) groups excluding carboxylic acids is 2. The first-order chi connectivity index (χ1) is 14.6. The minimum atomic E-state index is -4.77. The van der Waals surface area contributed by atoms with Gasteiger partial charge in [0.15, 0.2) is 5.76 Å². The molecule has 1 aromatic heterocycles. The third-order valence-corrected chi connectivity index (χ3v) is 4.56. The van der Waals surface area contributed by atoms with Gasteiger partial charge < -0.3 is 15.1 Å². The van der Waals surface area contributed by atoms with E-state index in [1.807, 2.05) is 0 Å². The average molecular weight is 449 g/mol. The van der Waals surface area contributed by atoms with Crippen LogP contribution in [0.2, 0.25) is 5.02 Å². The molecule has 9 heteroatoms. The predicted octanol–water partition coefficient (Wildman–Crippen LogP) is 6.25. The van der Waals surface area contributed by atoms with Crippen molar-refractivity contribution in [3.63, 3.8) is 0 Å². The van der Waals surface area contributed by atoms with Crippen LogP contribution in [0.5, 0.6) is 0 Å². The largest absolute Gasteiger partial charge is 0.459 e. The molecule has 1 heterocycles. The molecule has 0 fully saturated rings. The molecule has 0 spiro atoms. The molecule has 2 aromatic carbocycles. The topological polar surface area (TPSA) is 71.3 Å². The van der Waals surface area contributed by atoms with Crippen LogP contribution in [0.25, 0.3) is 5.57 Å². The van der Waals surface area contributed by atoms with Crippen LogP contribution in [0.4, 0.5) is 24.5 Å². The number of alkyl halides is 3. The SMILES string of the molecule is CC(=CC(=O)Nc1ccc(NC(=O)c2ccco2)cc1C(F)(F)F)c1ccccc1Cl. The van der Waals surface area contributed by atoms with Gasteiger partial charge in [0.05, 0.1) is 17.5 Å². The lowest BCUT2D eigenvalue weighted by Gasteiger charge is -2.15. The van der Waals surface area contributed by atoms with E-state index in [9.17, 15) is 22.8 Å². The van der Waals surface area contributed by atoms with Crippen molar-refractivity contribution in [1.82, 2.24) is 0 Å². The lowest BCUT2D eigenvalue weighted by molar-refractivity contribution is -0.136. The Kier molecular flexibility index (Phi) is 6.50. The van der Waals surface area contributed by atoms with Gasteiger partial charge in [0.1, 0.15) is 0 Å². The van der Waals surface area contributed by atoms with Crippen LogP contribution in [-0.4, -0.2) is 11.8 Å². The molecule has 0 radical (unpaired) electrons. The van der Waals surface area contributed by atoms with Crippen molar-refractivity contribution in [2.45, 2.75) is 13.1 Å². The Hall–Kier alpha value is -3.52. The summed E-state index contributed by atoms with van der Waals surface area (Å²) in [6.45, 7) is 1.62. The van der Waals surface area contributed by atoms with Crippen LogP contribution < -0.4 is 10.6 Å². The fourth-order valence-electron chi connectivity index (χ4n) is 2.79. The summed E-state index contributed by atoms with van der Waals surface area (Å²) in [6.07, 6.45) is -2.34. The van der Waals surface area contributed by atoms with Gasteiger partial charge in [-0.25, -0.2) is 0 Å². The molecule has 2 amide bonds. The summed E-state index contributed by atoms with van der Waals surface area (Å²) in [7, 11) is 0. The summed E-state index contributed by atoms with van der Waals surface area (Å²) in [4.78, 5) is 24.3. The van der Waals surface area contributed by atoms with Crippen molar-refractivity contribution < 1.29 is 27.2 Å². The van der Waals surface area contributed by atoms with Crippen molar-refractivity contribution >= 4 is 40.4 Å². The number of hydrogen-bond donors (Lipinski definition) is 2. The van der Waals surface area contributed by atoms with E-state index in [2.05, 4.69) is 10.6 Å². The van der Waals surface area contributed by atoms with Crippen LogP contribution in [0, 0.1) is 0 Å². The predicted molar refractivity (Wildman–Crippen MR) is 112 cm³/mol. The number of halogens is 4. The quantitative estimate of drug-likeness (QED) is 0.453. The smallest absolute Gasteiger partial charge is 0.418 e. The lowest BCUT2D eigenvalue weighted by atomic mass is 10.1. The number of nitrogens with one attached hydrogen (secondary N) is 2. The van der Waals surface area contributed by atoms with Gasteiger partial charge in [-0.15, -0.1) is 0 Å². The Bertz CT molecular complexity index is 1140. The van der Waals surface area contributed by atoms with E-state index in [1.165, 1.54) is 24.5 Å². The summed E-state index contributed by atoms with van der Waals surface area (Å²) in [5, 5.41) is 4.97. The number of hydrogen-bond acceptors (Lipinski definition) is 3. The van der Waals surface area contributed by atoms with Crippen molar-refractivity contribution in [2.75, 3.05) is 10.6 Å². The molecule has 3 aromatic rings. The van der Waals surface area contributed by atoms with Crippen LogP contribution in [0.1, 0.15) is 28.6 Å². The monoisotopic (exact) mass is 448 g/mol. The molecule has 0 saturated carbocycles. The second-order valence-electron chi connectivity index (χ2n) is 6.49. The maximum absolute atomic E-state index is 13.6. The number of rotatable bonds is 5. The summed E-state index contributed by atoms with van der Waals surface area (Å²) >= 11 is 6.08. The standard InChI is InChI=1S/C22H16ClF3N2O3/c1-13(15-5-2-3-6-17(15)23)11-20(29)28-18-9-8-14(12-16(18)22(24,25)26)27-21(30)19-7-4-10-31-19/h2-12H,1H3,(H,27,30)(H,28,29). The third-order valence-electron chi connectivity index (χ3n) is 4.23. The second kappa shape index (κ2) is 9.09. The molecule has 0 atom stereocenters. The second-order valence-corrected chi connectivity index (χ2v) is 6.89. The zero-order valence-electron chi connectivity index (χ0n) is 16.1. The molecule has 160 valence electrons. The highest BCUT2D eigenvalue weighted by molar-refractivity contribution is 6.32. The molecule has 0 bridgehead atoms. The van der Waals surface area contributed by atoms with E-state index in [0.717, 1.165) is 18.2 Å². The van der Waals surface area contributed by atoms with Gasteiger partial charge in [-0.3, -0.25) is 9.59 Å². The van der Waals surface area contributed by atoms with Crippen molar-refractivity contribution in [1.29, 1.82) is 0 Å². The van der Waals surface area contributed by atoms with Crippen molar-refractivity contribution in [3.8, 4) is 0 Å². The molecule has 0 aliphatic heterocycles. The zero-order chi connectivity index (χ0) is 22.6. The molecular weight excluding hydrogens is 433 g/mol. The number of carbonyl (C=O) groups is 2. The first kappa shape index (κ1) is 22.2. The third kappa shape index (κ3) is 5.55. The van der Waals surface area contributed by atoms with Gasteiger partial charge in [0, 0.05) is 16.8 Å². The number of benzene rings is 2. The van der Waals surface area contributed by atoms with Crippen LogP contribution in [-0.2, 0) is 11.0 Å². The van der Waals surface area contributed by atoms with E-state index >= 15 is 0 Å². The number of allylic oxidation sites excluding steroid dienone is 1. The van der Waals surface area contributed by atoms with Gasteiger partial charge in [-0.05, 0) is 54.5 Å². The van der Waals surface area contributed by atoms with Gasteiger partial charge in [-0.2, -0.15) is 13.2 Å². The molecule has 3 rings (SSSR count). The van der Waals surface area contributed by atoms with E-state index in [0.29, 0.717) is 16.2 Å². The van der Waals surface area contributed by atoms with Crippen LogP contribution in [0.15, 0.2) is 71.4 Å². The first-order valence-electron chi connectivity index (χ1n) is 8.95. The van der Waals surface area contributed by atoms with Crippen molar-refractivity contribution in [3.05, 3.63) is 88.8 Å². The maximum atomic E-state index is 13.6. The highest BCUT2D eigenvalue weighted by Gasteiger charge is 2.34. The lowest BCUT2D eigenvalue weighted by Crippen LogP contribution is -2.17. The van der Waals surface area contributed by atoms with E-state index in [4.69, 9.17) is 16.0 Å². The Labute approximate surface area is 180 Å². The van der Waals surface area contributed by atoms with Gasteiger partial charge >= 0.3 is 6.18 Å².